The molecule has 0 aliphatic carbocycles. The van der Waals surface area contributed by atoms with E-state index in [1.165, 1.54) is 0 Å². The fourth-order valence-corrected chi connectivity index (χ4v) is 2.57. The molecule has 126 valence electrons. The monoisotopic (exact) mass is 333 g/mol. The van der Waals surface area contributed by atoms with Crippen LogP contribution in [-0.2, 0) is 0 Å². The number of nitrogens with zero attached hydrogens (tertiary/aromatic N) is 4. The summed E-state index contributed by atoms with van der Waals surface area (Å²) in [6, 6.07) is 12.9. The van der Waals surface area contributed by atoms with Crippen molar-refractivity contribution in [2.45, 2.75) is 20.8 Å². The van der Waals surface area contributed by atoms with Crippen LogP contribution in [0.4, 0.5) is 5.95 Å². The highest BCUT2D eigenvalue weighted by Crippen LogP contribution is 2.20. The van der Waals surface area contributed by atoms with Gasteiger partial charge in [-0.05, 0) is 45.0 Å². The Balaban J connectivity index is 1.97. The fraction of sp³-hybridized carbons (Fsp3) is 0.158. The molecule has 0 radical (unpaired) electrons. The molecule has 0 unspecified atom stereocenters. The van der Waals surface area contributed by atoms with Crippen LogP contribution in [0.1, 0.15) is 23.7 Å². The molecule has 0 aliphatic heterocycles. The van der Waals surface area contributed by atoms with Gasteiger partial charge in [-0.3, -0.25) is 0 Å². The van der Waals surface area contributed by atoms with Crippen molar-refractivity contribution >= 4 is 28.5 Å². The maximum Gasteiger partial charge on any atom is 0.253 e. The second-order valence-electron chi connectivity index (χ2n) is 5.81. The summed E-state index contributed by atoms with van der Waals surface area (Å²) < 4.78 is 0. The average Bonchev–Trinajstić information content (AvgIpc) is 2.56. The molecule has 1 aromatic heterocycles. The third kappa shape index (κ3) is 3.63. The standard InChI is InChI=1S/C19H19N5O/c1-11-8-9-16-15(10-11)13(3)22-19(23-16)24-18(20)21-12(2)14-6-4-5-7-17(14)25/h4-10,25H,1-3H3,(H2,20,22,23,24)/b21-12+. The molecule has 3 aromatic rings. The summed E-state index contributed by atoms with van der Waals surface area (Å²) in [5.41, 5.74) is 9.88. The van der Waals surface area contributed by atoms with E-state index < -0.39 is 0 Å². The lowest BCUT2D eigenvalue weighted by molar-refractivity contribution is 0.474. The summed E-state index contributed by atoms with van der Waals surface area (Å²) in [6.07, 6.45) is 0. The smallest absolute Gasteiger partial charge is 0.253 e. The number of phenolic OH excluding ortho intramolecular Hbond substituents is 1. The minimum atomic E-state index is 0.0339. The van der Waals surface area contributed by atoms with Crippen molar-refractivity contribution in [2.75, 3.05) is 0 Å². The summed E-state index contributed by atoms with van der Waals surface area (Å²) in [6.45, 7) is 5.70. The Hall–Kier alpha value is -3.28. The van der Waals surface area contributed by atoms with Gasteiger partial charge in [0.05, 0.1) is 16.9 Å². The minimum Gasteiger partial charge on any atom is -0.507 e. The van der Waals surface area contributed by atoms with E-state index in [-0.39, 0.29) is 17.7 Å². The van der Waals surface area contributed by atoms with E-state index in [2.05, 4.69) is 20.0 Å². The molecule has 0 aliphatic rings. The van der Waals surface area contributed by atoms with E-state index >= 15 is 0 Å². The number of phenols is 1. The van der Waals surface area contributed by atoms with Gasteiger partial charge in [-0.1, -0.05) is 23.8 Å². The Bertz CT molecular complexity index is 1010. The number of hydrogen-bond acceptors (Lipinski definition) is 4. The molecule has 0 bridgehead atoms. The molecule has 0 saturated heterocycles. The van der Waals surface area contributed by atoms with Gasteiger partial charge in [0.15, 0.2) is 0 Å². The zero-order valence-electron chi connectivity index (χ0n) is 14.4. The van der Waals surface area contributed by atoms with Crippen LogP contribution in [0.15, 0.2) is 52.4 Å². The van der Waals surface area contributed by atoms with Gasteiger partial charge >= 0.3 is 0 Å². The molecule has 0 amide bonds. The molecule has 6 heteroatoms. The first-order chi connectivity index (χ1) is 11.9. The first kappa shape index (κ1) is 16.6. The van der Waals surface area contributed by atoms with Crippen molar-refractivity contribution in [1.29, 1.82) is 0 Å². The van der Waals surface area contributed by atoms with E-state index in [1.54, 1.807) is 25.1 Å². The lowest BCUT2D eigenvalue weighted by Gasteiger charge is -2.05. The van der Waals surface area contributed by atoms with E-state index in [4.69, 9.17) is 5.73 Å². The Morgan fingerprint density at radius 1 is 1.08 bits per heavy atom. The van der Waals surface area contributed by atoms with Crippen LogP contribution in [0.5, 0.6) is 5.75 Å². The molecule has 0 saturated carbocycles. The van der Waals surface area contributed by atoms with Crippen LogP contribution in [-0.4, -0.2) is 26.7 Å². The van der Waals surface area contributed by atoms with Crippen LogP contribution in [0.2, 0.25) is 0 Å². The van der Waals surface area contributed by atoms with Gasteiger partial charge in [0.1, 0.15) is 5.75 Å². The molecule has 2 aromatic carbocycles. The van der Waals surface area contributed by atoms with Gasteiger partial charge in [-0.25, -0.2) is 15.0 Å². The Labute approximate surface area is 145 Å². The number of benzene rings is 2. The molecule has 0 fully saturated rings. The molecular formula is C19H19N5O. The molecule has 0 atom stereocenters. The van der Waals surface area contributed by atoms with Crippen LogP contribution < -0.4 is 5.73 Å². The minimum absolute atomic E-state index is 0.0339. The first-order valence-electron chi connectivity index (χ1n) is 7.87. The van der Waals surface area contributed by atoms with Crippen molar-refractivity contribution in [1.82, 2.24) is 9.97 Å². The lowest BCUT2D eigenvalue weighted by atomic mass is 10.1. The van der Waals surface area contributed by atoms with Gasteiger partial charge in [0.2, 0.25) is 5.96 Å². The second-order valence-corrected chi connectivity index (χ2v) is 5.81. The number of aromatic hydroxyl groups is 1. The number of guanidine groups is 1. The van der Waals surface area contributed by atoms with Crippen molar-refractivity contribution in [3.8, 4) is 5.75 Å². The van der Waals surface area contributed by atoms with Crippen LogP contribution in [0, 0.1) is 13.8 Å². The largest absolute Gasteiger partial charge is 0.507 e. The number of para-hydroxylation sites is 1. The highest BCUT2D eigenvalue weighted by atomic mass is 16.3. The zero-order valence-corrected chi connectivity index (χ0v) is 14.4. The van der Waals surface area contributed by atoms with Crippen LogP contribution in [0.3, 0.4) is 0 Å². The summed E-state index contributed by atoms with van der Waals surface area (Å²) in [7, 11) is 0. The Morgan fingerprint density at radius 2 is 1.84 bits per heavy atom. The quantitative estimate of drug-likeness (QED) is 0.555. The van der Waals surface area contributed by atoms with Gasteiger partial charge in [0, 0.05) is 10.9 Å². The maximum absolute atomic E-state index is 9.87. The molecule has 1 heterocycles. The predicted octanol–water partition coefficient (Wildman–Crippen LogP) is 3.41. The Morgan fingerprint density at radius 3 is 2.60 bits per heavy atom. The molecule has 3 N–H and O–H groups in total. The zero-order chi connectivity index (χ0) is 18.0. The number of aryl methyl sites for hydroxylation is 2. The SMILES string of the molecule is C/C(=N\C(N)=N\c1nc(C)c2cc(C)ccc2n1)c1ccccc1O. The predicted molar refractivity (Wildman–Crippen MR) is 101 cm³/mol. The number of rotatable bonds is 2. The third-order valence-corrected chi connectivity index (χ3v) is 3.82. The highest BCUT2D eigenvalue weighted by Gasteiger charge is 2.06. The molecular weight excluding hydrogens is 314 g/mol. The molecule has 3 rings (SSSR count). The third-order valence-electron chi connectivity index (χ3n) is 3.82. The summed E-state index contributed by atoms with van der Waals surface area (Å²) >= 11 is 0. The topological polar surface area (TPSA) is 96.8 Å². The van der Waals surface area contributed by atoms with Gasteiger partial charge < -0.3 is 10.8 Å². The normalized spacial score (nSPS) is 12.6. The van der Waals surface area contributed by atoms with Gasteiger partial charge in [-0.2, -0.15) is 4.99 Å². The van der Waals surface area contributed by atoms with Gasteiger partial charge in [-0.15, -0.1) is 0 Å². The maximum atomic E-state index is 9.87. The van der Waals surface area contributed by atoms with E-state index in [0.29, 0.717) is 11.3 Å². The number of aliphatic imine (C=N–C) groups is 2. The van der Waals surface area contributed by atoms with Gasteiger partial charge in [0.25, 0.3) is 5.95 Å². The van der Waals surface area contributed by atoms with Crippen molar-refractivity contribution in [3.63, 3.8) is 0 Å². The van der Waals surface area contributed by atoms with E-state index in [9.17, 15) is 5.11 Å². The lowest BCUT2D eigenvalue weighted by Crippen LogP contribution is -2.11. The Kier molecular flexibility index (Phi) is 4.43. The van der Waals surface area contributed by atoms with Crippen molar-refractivity contribution in [2.24, 2.45) is 15.7 Å². The number of nitrogens with two attached hydrogens (primary N) is 1. The van der Waals surface area contributed by atoms with E-state index in [1.807, 2.05) is 38.1 Å². The van der Waals surface area contributed by atoms with Crippen molar-refractivity contribution < 1.29 is 5.11 Å². The second kappa shape index (κ2) is 6.68. The van der Waals surface area contributed by atoms with E-state index in [0.717, 1.165) is 22.2 Å². The number of aromatic nitrogens is 2. The highest BCUT2D eigenvalue weighted by molar-refractivity contribution is 6.07. The number of fused-ring (bicyclic) bond motifs is 1. The average molecular weight is 333 g/mol. The first-order valence-corrected chi connectivity index (χ1v) is 7.87. The summed E-state index contributed by atoms with van der Waals surface area (Å²) in [5.74, 6) is 0.441. The van der Waals surface area contributed by atoms with Crippen LogP contribution in [0.25, 0.3) is 10.9 Å². The molecule has 0 spiro atoms. The molecule has 6 nitrogen and oxygen atoms in total. The summed E-state index contributed by atoms with van der Waals surface area (Å²) in [5, 5.41) is 10.9. The fourth-order valence-electron chi connectivity index (χ4n) is 2.57. The van der Waals surface area contributed by atoms with Crippen LogP contribution >= 0.6 is 0 Å². The summed E-state index contributed by atoms with van der Waals surface area (Å²) in [4.78, 5) is 17.2. The van der Waals surface area contributed by atoms with Crippen molar-refractivity contribution in [3.05, 3.63) is 59.3 Å². The number of hydrogen-bond donors (Lipinski definition) is 2. The molecule has 25 heavy (non-hydrogen) atoms.